The number of hydrogen-bond donors (Lipinski definition) is 3. The van der Waals surface area contributed by atoms with Crippen LogP contribution in [-0.4, -0.2) is 96.7 Å². The zero-order chi connectivity index (χ0) is 74.6. The fourth-order valence-electron chi connectivity index (χ4n) is 10.1. The number of esters is 4. The van der Waals surface area contributed by atoms with Crippen molar-refractivity contribution in [3.63, 3.8) is 0 Å². The number of unbranched alkanes of at least 4 members (excludes halogenated alkanes) is 25. The molecule has 0 aliphatic carbocycles. The average molecular weight is 1470 g/mol. The van der Waals surface area contributed by atoms with Crippen molar-refractivity contribution in [3.8, 4) is 0 Å². The molecule has 0 aromatic carbocycles. The maximum absolute atomic E-state index is 13.1. The molecule has 3 N–H and O–H groups in total. The molecule has 0 radical (unpaired) electrons. The molecule has 0 aromatic rings. The molecule has 19 heteroatoms. The summed E-state index contributed by atoms with van der Waals surface area (Å²) in [7, 11) is -9.97. The summed E-state index contributed by atoms with van der Waals surface area (Å²) in [6.07, 6.45) is 82.9. The molecule has 5 atom stereocenters. The van der Waals surface area contributed by atoms with Crippen molar-refractivity contribution in [1.82, 2.24) is 0 Å². The van der Waals surface area contributed by atoms with Crippen LogP contribution in [-0.2, 0) is 65.4 Å². The highest BCUT2D eigenvalue weighted by Gasteiger charge is 2.30. The van der Waals surface area contributed by atoms with Gasteiger partial charge in [-0.2, -0.15) is 0 Å². The van der Waals surface area contributed by atoms with E-state index in [-0.39, 0.29) is 25.7 Å². The summed E-state index contributed by atoms with van der Waals surface area (Å²) in [5.41, 5.74) is 0. The predicted octanol–water partition coefficient (Wildman–Crippen LogP) is 22.9. The van der Waals surface area contributed by atoms with E-state index >= 15 is 0 Å². The fraction of sp³-hybridized carbons (Fsp3) is 0.687. The number of aliphatic hydroxyl groups excluding tert-OH is 1. The lowest BCUT2D eigenvalue weighted by atomic mass is 10.1. The summed E-state index contributed by atoms with van der Waals surface area (Å²) in [6.45, 7) is 4.50. The number of rotatable bonds is 73. The van der Waals surface area contributed by atoms with Gasteiger partial charge in [-0.1, -0.05) is 264 Å². The van der Waals surface area contributed by atoms with Gasteiger partial charge >= 0.3 is 39.5 Å². The van der Waals surface area contributed by atoms with E-state index in [0.717, 1.165) is 205 Å². The first kappa shape index (κ1) is 97.2. The summed E-state index contributed by atoms with van der Waals surface area (Å²) in [4.78, 5) is 73.0. The van der Waals surface area contributed by atoms with Gasteiger partial charge in [0.15, 0.2) is 12.2 Å². The molecule has 0 spiro atoms. The Labute approximate surface area is 618 Å². The minimum atomic E-state index is -4.99. The van der Waals surface area contributed by atoms with Crippen LogP contribution in [0, 0.1) is 0 Å². The number of hydrogen-bond acceptors (Lipinski definition) is 15. The summed E-state index contributed by atoms with van der Waals surface area (Å²) in [6, 6.07) is 0. The standard InChI is InChI=1S/C83H140O17P2/c1-5-9-13-17-21-25-29-33-35-37-38-40-42-46-48-52-56-60-64-68-81(86)94-74-79(100-83(88)70-66-62-58-54-50-44-32-28-24-20-16-12-8-4)76-98-102(91,92)96-72-77(84)71-95-101(89,90)97-75-78(99-82(87)69-65-61-57-53-49-43-31-27-23-19-15-11-7-3)73-93-80(85)67-63-59-55-51-47-45-41-39-36-34-30-26-22-18-14-10-6-2/h9-10,13-14,16,20-22,25-28,31-36,38,40-41,45,77-79,84H,5-8,11-12,15,17-19,23-24,29-30,37,39,42-44,46-76H2,1-4H3,(H,89,90)(H,91,92)/b13-9-,14-10-,20-16-,25-21-,26-22-,31-27-,32-28-,35-33-,36-34-,40-38-,45-41-. The molecule has 0 saturated carbocycles. The number of aliphatic hydroxyl groups is 1. The molecule has 102 heavy (non-hydrogen) atoms. The topological polar surface area (TPSA) is 237 Å². The molecule has 0 bridgehead atoms. The smallest absolute Gasteiger partial charge is 0.462 e. The molecule has 0 rings (SSSR count). The predicted molar refractivity (Wildman–Crippen MR) is 418 cm³/mol. The van der Waals surface area contributed by atoms with Crippen LogP contribution in [0.1, 0.15) is 310 Å². The average Bonchev–Trinajstić information content (AvgIpc) is 0.909. The molecule has 584 valence electrons. The van der Waals surface area contributed by atoms with Crippen LogP contribution in [0.5, 0.6) is 0 Å². The van der Waals surface area contributed by atoms with Crippen molar-refractivity contribution in [2.45, 2.75) is 329 Å². The highest BCUT2D eigenvalue weighted by Crippen LogP contribution is 2.45. The Balaban J connectivity index is 5.37. The van der Waals surface area contributed by atoms with Gasteiger partial charge in [-0.3, -0.25) is 37.3 Å². The maximum Gasteiger partial charge on any atom is 0.472 e. The van der Waals surface area contributed by atoms with E-state index in [2.05, 4.69) is 161 Å². The quantitative estimate of drug-likeness (QED) is 0.0169. The third-order valence-electron chi connectivity index (χ3n) is 16.1. The van der Waals surface area contributed by atoms with Crippen molar-refractivity contribution in [2.24, 2.45) is 0 Å². The lowest BCUT2D eigenvalue weighted by Crippen LogP contribution is -2.30. The molecule has 0 aliphatic rings. The highest BCUT2D eigenvalue weighted by atomic mass is 31.2. The first-order valence-corrected chi connectivity index (χ1v) is 42.4. The molecular formula is C83H140O17P2. The molecule has 5 unspecified atom stereocenters. The number of allylic oxidation sites excluding steroid dienone is 22. The van der Waals surface area contributed by atoms with E-state index in [4.69, 9.17) is 37.0 Å². The summed E-state index contributed by atoms with van der Waals surface area (Å²) in [5, 5.41) is 10.6. The number of carbonyl (C=O) groups is 4. The van der Waals surface area contributed by atoms with Gasteiger partial charge in [-0.15, -0.1) is 0 Å². The van der Waals surface area contributed by atoms with Crippen LogP contribution in [0.25, 0.3) is 0 Å². The van der Waals surface area contributed by atoms with Crippen LogP contribution >= 0.6 is 15.6 Å². The number of carbonyl (C=O) groups excluding carboxylic acids is 4. The Bertz CT molecular complexity index is 2460. The Kier molecular flexibility index (Phi) is 71.0. The lowest BCUT2D eigenvalue weighted by Gasteiger charge is -2.21. The number of ether oxygens (including phenoxy) is 4. The van der Waals surface area contributed by atoms with Gasteiger partial charge in [0, 0.05) is 25.7 Å². The van der Waals surface area contributed by atoms with Crippen LogP contribution in [0.4, 0.5) is 0 Å². The van der Waals surface area contributed by atoms with E-state index in [9.17, 15) is 43.2 Å². The third kappa shape index (κ3) is 73.5. The minimum absolute atomic E-state index is 0.0719. The van der Waals surface area contributed by atoms with E-state index in [0.29, 0.717) is 25.7 Å². The second-order valence-electron chi connectivity index (χ2n) is 25.9. The van der Waals surface area contributed by atoms with Gasteiger partial charge in [0.05, 0.1) is 26.4 Å². The number of phosphoric acid groups is 2. The van der Waals surface area contributed by atoms with Crippen molar-refractivity contribution in [2.75, 3.05) is 39.6 Å². The Morgan fingerprint density at radius 1 is 0.284 bits per heavy atom. The maximum atomic E-state index is 13.1. The molecule has 0 aliphatic heterocycles. The largest absolute Gasteiger partial charge is 0.472 e. The van der Waals surface area contributed by atoms with Gasteiger partial charge in [0.1, 0.15) is 19.3 Å². The molecule has 0 amide bonds. The van der Waals surface area contributed by atoms with Crippen molar-refractivity contribution in [1.29, 1.82) is 0 Å². The minimum Gasteiger partial charge on any atom is -0.462 e. The Morgan fingerprint density at radius 2 is 0.529 bits per heavy atom. The summed E-state index contributed by atoms with van der Waals surface area (Å²) < 4.78 is 68.5. The van der Waals surface area contributed by atoms with Crippen LogP contribution in [0.15, 0.2) is 134 Å². The third-order valence-corrected chi connectivity index (χ3v) is 18.0. The summed E-state index contributed by atoms with van der Waals surface area (Å²) in [5.74, 6) is -2.24. The van der Waals surface area contributed by atoms with Crippen LogP contribution in [0.3, 0.4) is 0 Å². The van der Waals surface area contributed by atoms with E-state index < -0.39 is 97.5 Å². The van der Waals surface area contributed by atoms with E-state index in [1.165, 1.54) is 25.7 Å². The molecule has 17 nitrogen and oxygen atoms in total. The van der Waals surface area contributed by atoms with Crippen LogP contribution < -0.4 is 0 Å². The van der Waals surface area contributed by atoms with E-state index in [1.54, 1.807) is 0 Å². The molecule has 0 aromatic heterocycles. The van der Waals surface area contributed by atoms with Gasteiger partial charge in [0.25, 0.3) is 0 Å². The zero-order valence-corrected chi connectivity index (χ0v) is 65.5. The highest BCUT2D eigenvalue weighted by molar-refractivity contribution is 7.47. The van der Waals surface area contributed by atoms with Gasteiger partial charge in [-0.25, -0.2) is 9.13 Å². The molecule has 0 heterocycles. The SMILES string of the molecule is CC/C=C\C/C=C\C/C=C\C/C=C\CCCCCCCCC(=O)OCC(COP(=O)(O)OCC(O)COP(=O)(O)OCC(COC(=O)CCCCCC/C=C\C/C=C\C/C=C\C/C=C\CC)OC(=O)CCCCCCC/C=C\CCCCCC)OC(=O)CCCCCCC/C=C\C/C=C\CCC. The van der Waals surface area contributed by atoms with Gasteiger partial charge in [0.2, 0.25) is 0 Å². The van der Waals surface area contributed by atoms with E-state index in [1.807, 2.05) is 0 Å². The first-order chi connectivity index (χ1) is 49.7. The molecule has 0 fully saturated rings. The number of phosphoric ester groups is 2. The normalized spacial score (nSPS) is 14.6. The lowest BCUT2D eigenvalue weighted by molar-refractivity contribution is -0.161. The zero-order valence-electron chi connectivity index (χ0n) is 63.7. The first-order valence-electron chi connectivity index (χ1n) is 39.4. The van der Waals surface area contributed by atoms with Crippen LogP contribution in [0.2, 0.25) is 0 Å². The fourth-order valence-corrected chi connectivity index (χ4v) is 11.7. The second-order valence-corrected chi connectivity index (χ2v) is 28.8. The monoisotopic (exact) mass is 1470 g/mol. The summed E-state index contributed by atoms with van der Waals surface area (Å²) >= 11 is 0. The second kappa shape index (κ2) is 74.5. The van der Waals surface area contributed by atoms with Crippen molar-refractivity contribution in [3.05, 3.63) is 134 Å². The van der Waals surface area contributed by atoms with Gasteiger partial charge < -0.3 is 33.8 Å². The van der Waals surface area contributed by atoms with Gasteiger partial charge in [-0.05, 0) is 154 Å². The molecule has 0 saturated heterocycles. The Morgan fingerprint density at radius 3 is 0.833 bits per heavy atom. The Hall–Kier alpha value is -4.80. The van der Waals surface area contributed by atoms with Crippen molar-refractivity contribution < 1.29 is 80.2 Å². The van der Waals surface area contributed by atoms with Crippen molar-refractivity contribution >= 4 is 39.5 Å². The molecular weight excluding hydrogens is 1330 g/mol.